The molecule has 2 aromatic heterocycles. The SMILES string of the molecule is O=c1[nH]c2cc(NS(=O)(=O)c3cccnc3Cl)ccc2o1. The monoisotopic (exact) mass is 325 g/mol. The van der Waals surface area contributed by atoms with E-state index in [1.54, 1.807) is 0 Å². The lowest BCUT2D eigenvalue weighted by Crippen LogP contribution is -2.13. The molecule has 0 aliphatic rings. The average Bonchev–Trinajstić information content (AvgIpc) is 2.78. The number of pyridine rings is 1. The number of aromatic nitrogens is 2. The zero-order chi connectivity index (χ0) is 15.0. The fourth-order valence-corrected chi connectivity index (χ4v) is 3.30. The van der Waals surface area contributed by atoms with Gasteiger partial charge in [0.05, 0.1) is 11.2 Å². The molecule has 0 atom stereocenters. The first-order valence-electron chi connectivity index (χ1n) is 5.72. The van der Waals surface area contributed by atoms with Crippen molar-refractivity contribution >= 4 is 38.4 Å². The van der Waals surface area contributed by atoms with Crippen molar-refractivity contribution in [3.8, 4) is 0 Å². The highest BCUT2D eigenvalue weighted by Crippen LogP contribution is 2.23. The normalized spacial score (nSPS) is 11.7. The van der Waals surface area contributed by atoms with E-state index >= 15 is 0 Å². The second-order valence-electron chi connectivity index (χ2n) is 4.12. The highest BCUT2D eigenvalue weighted by Gasteiger charge is 2.18. The van der Waals surface area contributed by atoms with Gasteiger partial charge in [-0.3, -0.25) is 9.71 Å². The van der Waals surface area contributed by atoms with E-state index in [1.165, 1.54) is 36.5 Å². The van der Waals surface area contributed by atoms with Crippen LogP contribution < -0.4 is 10.5 Å². The molecule has 0 spiro atoms. The lowest BCUT2D eigenvalue weighted by molar-refractivity contribution is 0.555. The molecule has 0 bridgehead atoms. The van der Waals surface area contributed by atoms with Gasteiger partial charge in [-0.15, -0.1) is 0 Å². The summed E-state index contributed by atoms with van der Waals surface area (Å²) in [6.45, 7) is 0. The summed E-state index contributed by atoms with van der Waals surface area (Å²) in [6.07, 6.45) is 1.39. The molecule has 7 nitrogen and oxygen atoms in total. The smallest absolute Gasteiger partial charge is 0.408 e. The summed E-state index contributed by atoms with van der Waals surface area (Å²) >= 11 is 5.78. The van der Waals surface area contributed by atoms with Gasteiger partial charge in [-0.2, -0.15) is 0 Å². The first-order chi connectivity index (χ1) is 9.95. The number of rotatable bonds is 3. The Bertz CT molecular complexity index is 977. The second kappa shape index (κ2) is 4.90. The molecule has 21 heavy (non-hydrogen) atoms. The fraction of sp³-hybridized carbons (Fsp3) is 0. The Kier molecular flexibility index (Phi) is 3.19. The number of fused-ring (bicyclic) bond motifs is 1. The molecular formula is C12H8ClN3O4S. The summed E-state index contributed by atoms with van der Waals surface area (Å²) in [5, 5.41) is -0.122. The molecule has 0 amide bonds. The van der Waals surface area contributed by atoms with Crippen LogP contribution in [0.4, 0.5) is 5.69 Å². The highest BCUT2D eigenvalue weighted by atomic mass is 35.5. The number of sulfonamides is 1. The predicted molar refractivity (Wildman–Crippen MR) is 76.9 cm³/mol. The average molecular weight is 326 g/mol. The van der Waals surface area contributed by atoms with Crippen molar-refractivity contribution in [2.75, 3.05) is 4.72 Å². The molecule has 0 saturated carbocycles. The number of halogens is 1. The summed E-state index contributed by atoms with van der Waals surface area (Å²) in [7, 11) is -3.87. The van der Waals surface area contributed by atoms with Crippen molar-refractivity contribution in [1.29, 1.82) is 0 Å². The van der Waals surface area contributed by atoms with Crippen LogP contribution in [0.5, 0.6) is 0 Å². The van der Waals surface area contributed by atoms with Crippen LogP contribution in [-0.4, -0.2) is 18.4 Å². The van der Waals surface area contributed by atoms with Gasteiger partial charge in [-0.25, -0.2) is 18.2 Å². The molecule has 3 rings (SSSR count). The van der Waals surface area contributed by atoms with Crippen molar-refractivity contribution in [1.82, 2.24) is 9.97 Å². The van der Waals surface area contributed by atoms with Crippen molar-refractivity contribution in [3.05, 3.63) is 52.2 Å². The van der Waals surface area contributed by atoms with Crippen molar-refractivity contribution in [2.24, 2.45) is 0 Å². The molecule has 0 aliphatic carbocycles. The van der Waals surface area contributed by atoms with E-state index < -0.39 is 15.8 Å². The maximum Gasteiger partial charge on any atom is 0.417 e. The van der Waals surface area contributed by atoms with Crippen LogP contribution in [0, 0.1) is 0 Å². The third-order valence-corrected chi connectivity index (χ3v) is 4.51. The zero-order valence-corrected chi connectivity index (χ0v) is 11.9. The second-order valence-corrected chi connectivity index (χ2v) is 6.13. The maximum atomic E-state index is 12.2. The Labute approximate surface area is 123 Å². The number of aromatic amines is 1. The van der Waals surface area contributed by atoms with Gasteiger partial charge in [-0.1, -0.05) is 11.6 Å². The summed E-state index contributed by atoms with van der Waals surface area (Å²) in [4.78, 5) is 17.1. The van der Waals surface area contributed by atoms with E-state index in [9.17, 15) is 13.2 Å². The Hall–Kier alpha value is -2.32. The van der Waals surface area contributed by atoms with Gasteiger partial charge in [0, 0.05) is 6.20 Å². The first-order valence-corrected chi connectivity index (χ1v) is 7.58. The van der Waals surface area contributed by atoms with Crippen LogP contribution in [-0.2, 0) is 10.0 Å². The van der Waals surface area contributed by atoms with E-state index in [0.717, 1.165) is 0 Å². The van der Waals surface area contributed by atoms with Crippen molar-refractivity contribution in [2.45, 2.75) is 4.90 Å². The number of nitrogens with one attached hydrogen (secondary N) is 2. The van der Waals surface area contributed by atoms with Crippen LogP contribution in [0.15, 0.2) is 50.6 Å². The van der Waals surface area contributed by atoms with E-state index in [1.807, 2.05) is 0 Å². The van der Waals surface area contributed by atoms with Crippen LogP contribution >= 0.6 is 11.6 Å². The minimum Gasteiger partial charge on any atom is -0.408 e. The summed E-state index contributed by atoms with van der Waals surface area (Å²) in [5.74, 6) is -0.611. The summed E-state index contributed by atoms with van der Waals surface area (Å²) in [6, 6.07) is 7.21. The number of benzene rings is 1. The minimum atomic E-state index is -3.87. The molecule has 0 unspecified atom stereocenters. The van der Waals surface area contributed by atoms with Gasteiger partial charge in [-0.05, 0) is 30.3 Å². The third kappa shape index (κ3) is 2.63. The van der Waals surface area contributed by atoms with Crippen molar-refractivity contribution < 1.29 is 12.8 Å². The van der Waals surface area contributed by atoms with Gasteiger partial charge >= 0.3 is 5.76 Å². The van der Waals surface area contributed by atoms with Crippen LogP contribution in [0.2, 0.25) is 5.15 Å². The minimum absolute atomic E-state index is 0.122. The molecule has 1 aromatic carbocycles. The van der Waals surface area contributed by atoms with Gasteiger partial charge in [0.2, 0.25) is 0 Å². The van der Waals surface area contributed by atoms with Gasteiger partial charge in [0.1, 0.15) is 10.0 Å². The molecule has 2 N–H and O–H groups in total. The fourth-order valence-electron chi connectivity index (χ4n) is 1.80. The molecule has 0 fully saturated rings. The van der Waals surface area contributed by atoms with Crippen LogP contribution in [0.25, 0.3) is 11.1 Å². The molecule has 0 radical (unpaired) electrons. The molecule has 3 aromatic rings. The Morgan fingerprint density at radius 1 is 1.29 bits per heavy atom. The predicted octanol–water partition coefficient (Wildman–Crippen LogP) is 1.97. The number of hydrogen-bond acceptors (Lipinski definition) is 5. The number of H-pyrrole nitrogens is 1. The van der Waals surface area contributed by atoms with E-state index in [4.69, 9.17) is 16.0 Å². The summed E-state index contributed by atoms with van der Waals surface area (Å²) in [5.41, 5.74) is 0.985. The number of oxazole rings is 1. The van der Waals surface area contributed by atoms with Gasteiger partial charge in [0.15, 0.2) is 5.58 Å². The number of anilines is 1. The standard InChI is InChI=1S/C12H8ClN3O4S/c13-11-10(2-1-5-14-11)21(18,19)16-7-3-4-9-8(6-7)15-12(17)20-9/h1-6,16H,(H,15,17). The Morgan fingerprint density at radius 2 is 2.10 bits per heavy atom. The maximum absolute atomic E-state index is 12.2. The highest BCUT2D eigenvalue weighted by molar-refractivity contribution is 7.92. The molecule has 108 valence electrons. The quantitative estimate of drug-likeness (QED) is 0.716. The van der Waals surface area contributed by atoms with Gasteiger partial charge in [0.25, 0.3) is 10.0 Å². The topological polar surface area (TPSA) is 105 Å². The largest absolute Gasteiger partial charge is 0.417 e. The Balaban J connectivity index is 2.01. The third-order valence-electron chi connectivity index (χ3n) is 2.69. The van der Waals surface area contributed by atoms with Gasteiger partial charge < -0.3 is 4.42 Å². The molecule has 0 saturated heterocycles. The number of nitrogens with zero attached hydrogens (tertiary/aromatic N) is 1. The zero-order valence-electron chi connectivity index (χ0n) is 10.3. The van der Waals surface area contributed by atoms with Crippen LogP contribution in [0.3, 0.4) is 0 Å². The molecule has 9 heteroatoms. The Morgan fingerprint density at radius 3 is 2.86 bits per heavy atom. The van der Waals surface area contributed by atoms with Crippen LogP contribution in [0.1, 0.15) is 0 Å². The summed E-state index contributed by atoms with van der Waals surface area (Å²) < 4.78 is 31.7. The first kappa shape index (κ1) is 13.7. The van der Waals surface area contributed by atoms with E-state index in [0.29, 0.717) is 11.1 Å². The van der Waals surface area contributed by atoms with Crippen molar-refractivity contribution in [3.63, 3.8) is 0 Å². The number of hydrogen-bond donors (Lipinski definition) is 2. The van der Waals surface area contributed by atoms with E-state index in [-0.39, 0.29) is 15.7 Å². The molecule has 2 heterocycles. The lowest BCUT2D eigenvalue weighted by atomic mass is 10.3. The van der Waals surface area contributed by atoms with E-state index in [2.05, 4.69) is 14.7 Å². The lowest BCUT2D eigenvalue weighted by Gasteiger charge is -2.08. The molecular weight excluding hydrogens is 318 g/mol. The molecule has 0 aliphatic heterocycles.